The Balaban J connectivity index is 0.00000180. The van der Waals surface area contributed by atoms with Crippen LogP contribution in [0.3, 0.4) is 0 Å². The molecule has 0 amide bonds. The maximum Gasteiger partial charge on any atom is 0.123 e. The van der Waals surface area contributed by atoms with Gasteiger partial charge in [-0.25, -0.2) is 4.39 Å². The summed E-state index contributed by atoms with van der Waals surface area (Å²) in [6.45, 7) is 3.02. The van der Waals surface area contributed by atoms with Gasteiger partial charge in [0.05, 0.1) is 13.2 Å². The maximum atomic E-state index is 13.4. The molecule has 0 aliphatic carbocycles. The molecule has 1 aromatic rings. The minimum absolute atomic E-state index is 0. The molecular weight excluding hydrogens is 290 g/mol. The highest BCUT2D eigenvalue weighted by atomic mass is 35.5. The molecule has 0 bridgehead atoms. The predicted molar refractivity (Wildman–Crippen MR) is 78.4 cm³/mol. The van der Waals surface area contributed by atoms with Gasteiger partial charge in [-0.1, -0.05) is 11.6 Å². The zero-order chi connectivity index (χ0) is 13.0. The number of nitrogens with zero attached hydrogens (tertiary/aromatic N) is 1. The van der Waals surface area contributed by atoms with E-state index in [9.17, 15) is 4.39 Å². The van der Waals surface area contributed by atoms with Gasteiger partial charge in [0.2, 0.25) is 0 Å². The molecule has 3 nitrogen and oxygen atoms in total. The number of hydrogen-bond acceptors (Lipinski definition) is 3. The summed E-state index contributed by atoms with van der Waals surface area (Å²) in [5.41, 5.74) is 0.828. The predicted octanol–water partition coefficient (Wildman–Crippen LogP) is 2.69. The average molecular weight is 309 g/mol. The standard InChI is InChI=1S/C13H18ClFN2O.ClH/c1-18-13-3-2-10(14)8-11(13)12(9-15)17-6-4-16-5-7-17;/h2-3,8,12,16H,4-7,9H2,1H3;1H/t12-;/m1./s1. The third-order valence-corrected chi connectivity index (χ3v) is 3.52. The van der Waals surface area contributed by atoms with Gasteiger partial charge in [0.1, 0.15) is 12.4 Å². The molecule has 0 aromatic heterocycles. The Labute approximate surface area is 124 Å². The number of piperazine rings is 1. The van der Waals surface area contributed by atoms with Crippen LogP contribution < -0.4 is 10.1 Å². The van der Waals surface area contributed by atoms with Crippen molar-refractivity contribution < 1.29 is 9.13 Å². The Morgan fingerprint density at radius 3 is 2.68 bits per heavy atom. The lowest BCUT2D eigenvalue weighted by Crippen LogP contribution is -2.45. The number of rotatable bonds is 4. The molecule has 1 aliphatic heterocycles. The van der Waals surface area contributed by atoms with E-state index < -0.39 is 6.67 Å². The van der Waals surface area contributed by atoms with Crippen molar-refractivity contribution in [3.63, 3.8) is 0 Å². The Morgan fingerprint density at radius 1 is 1.42 bits per heavy atom. The molecule has 1 fully saturated rings. The minimum atomic E-state index is -0.434. The second kappa shape index (κ2) is 7.90. The highest BCUT2D eigenvalue weighted by Gasteiger charge is 2.24. The highest BCUT2D eigenvalue weighted by Crippen LogP contribution is 2.32. The second-order valence-electron chi connectivity index (χ2n) is 4.34. The Bertz CT molecular complexity index is 400. The van der Waals surface area contributed by atoms with Crippen LogP contribution in [0.2, 0.25) is 5.02 Å². The van der Waals surface area contributed by atoms with Crippen molar-refractivity contribution in [1.82, 2.24) is 10.2 Å². The van der Waals surface area contributed by atoms with E-state index in [-0.39, 0.29) is 18.4 Å². The van der Waals surface area contributed by atoms with Crippen molar-refractivity contribution in [1.29, 1.82) is 0 Å². The topological polar surface area (TPSA) is 24.5 Å². The molecule has 0 unspecified atom stereocenters. The monoisotopic (exact) mass is 308 g/mol. The zero-order valence-electron chi connectivity index (χ0n) is 10.9. The van der Waals surface area contributed by atoms with Gasteiger partial charge in [0.25, 0.3) is 0 Å². The summed E-state index contributed by atoms with van der Waals surface area (Å²) in [6, 6.07) is 5.08. The number of ether oxygens (including phenoxy) is 1. The van der Waals surface area contributed by atoms with Gasteiger partial charge < -0.3 is 10.1 Å². The first-order chi connectivity index (χ1) is 8.76. The highest BCUT2D eigenvalue weighted by molar-refractivity contribution is 6.30. The van der Waals surface area contributed by atoms with Crippen LogP contribution >= 0.6 is 24.0 Å². The van der Waals surface area contributed by atoms with Gasteiger partial charge in [-0.05, 0) is 18.2 Å². The third kappa shape index (κ3) is 3.96. The van der Waals surface area contributed by atoms with Crippen molar-refractivity contribution in [3.8, 4) is 5.75 Å². The Kier molecular flexibility index (Phi) is 6.86. The number of hydrogen-bond donors (Lipinski definition) is 1. The van der Waals surface area contributed by atoms with Crippen LogP contribution in [-0.2, 0) is 0 Å². The maximum absolute atomic E-state index is 13.4. The fourth-order valence-corrected chi connectivity index (χ4v) is 2.52. The molecular formula is C13H19Cl2FN2O. The largest absolute Gasteiger partial charge is 0.496 e. The van der Waals surface area contributed by atoms with E-state index in [1.54, 1.807) is 25.3 Å². The quantitative estimate of drug-likeness (QED) is 0.925. The van der Waals surface area contributed by atoms with E-state index in [2.05, 4.69) is 10.2 Å². The summed E-state index contributed by atoms with van der Waals surface area (Å²) >= 11 is 6.00. The van der Waals surface area contributed by atoms with E-state index in [1.807, 2.05) is 0 Å². The Morgan fingerprint density at radius 2 is 2.11 bits per heavy atom. The van der Waals surface area contributed by atoms with E-state index in [0.717, 1.165) is 31.7 Å². The van der Waals surface area contributed by atoms with Gasteiger partial charge in [-0.3, -0.25) is 4.90 Å². The van der Waals surface area contributed by atoms with Crippen molar-refractivity contribution >= 4 is 24.0 Å². The number of benzene rings is 1. The minimum Gasteiger partial charge on any atom is -0.496 e. The third-order valence-electron chi connectivity index (χ3n) is 3.29. The summed E-state index contributed by atoms with van der Waals surface area (Å²) in [7, 11) is 1.60. The van der Waals surface area contributed by atoms with Crippen LogP contribution in [0.25, 0.3) is 0 Å². The van der Waals surface area contributed by atoms with E-state index >= 15 is 0 Å². The smallest absolute Gasteiger partial charge is 0.123 e. The SMILES string of the molecule is COc1ccc(Cl)cc1[C@@H](CF)N1CCNCC1.Cl. The fourth-order valence-electron chi connectivity index (χ4n) is 2.34. The van der Waals surface area contributed by atoms with Crippen molar-refractivity contribution in [3.05, 3.63) is 28.8 Å². The Hall–Kier alpha value is -0.550. The molecule has 6 heteroatoms. The first-order valence-corrected chi connectivity index (χ1v) is 6.48. The van der Waals surface area contributed by atoms with Gasteiger partial charge in [0.15, 0.2) is 0 Å². The molecule has 1 saturated heterocycles. The molecule has 0 radical (unpaired) electrons. The lowest BCUT2D eigenvalue weighted by molar-refractivity contribution is 0.145. The molecule has 1 N–H and O–H groups in total. The number of halogens is 3. The fraction of sp³-hybridized carbons (Fsp3) is 0.538. The summed E-state index contributed by atoms with van der Waals surface area (Å²) in [4.78, 5) is 2.13. The van der Waals surface area contributed by atoms with Crippen LogP contribution in [0.5, 0.6) is 5.75 Å². The molecule has 108 valence electrons. The molecule has 1 aliphatic rings. The van der Waals surface area contributed by atoms with Gasteiger partial charge in [-0.2, -0.15) is 0 Å². The molecule has 1 atom stereocenters. The van der Waals surface area contributed by atoms with Crippen LogP contribution in [0, 0.1) is 0 Å². The lowest BCUT2D eigenvalue weighted by atomic mass is 10.0. The number of methoxy groups -OCH3 is 1. The van der Waals surface area contributed by atoms with Crippen LogP contribution in [0.15, 0.2) is 18.2 Å². The summed E-state index contributed by atoms with van der Waals surface area (Å²) < 4.78 is 18.7. The summed E-state index contributed by atoms with van der Waals surface area (Å²) in [5, 5.41) is 3.87. The van der Waals surface area contributed by atoms with E-state index in [4.69, 9.17) is 16.3 Å². The number of alkyl halides is 1. The van der Waals surface area contributed by atoms with Crippen molar-refractivity contribution in [2.75, 3.05) is 40.0 Å². The average Bonchev–Trinajstić information content (AvgIpc) is 2.41. The van der Waals surface area contributed by atoms with Gasteiger partial charge in [0, 0.05) is 36.8 Å². The molecule has 1 aromatic carbocycles. The molecule has 0 saturated carbocycles. The van der Waals surface area contributed by atoms with Crippen molar-refractivity contribution in [2.45, 2.75) is 6.04 Å². The van der Waals surface area contributed by atoms with E-state index in [0.29, 0.717) is 10.8 Å². The first-order valence-electron chi connectivity index (χ1n) is 6.10. The van der Waals surface area contributed by atoms with Gasteiger partial charge in [-0.15, -0.1) is 12.4 Å². The van der Waals surface area contributed by atoms with Crippen LogP contribution in [0.4, 0.5) is 4.39 Å². The lowest BCUT2D eigenvalue weighted by Gasteiger charge is -2.34. The van der Waals surface area contributed by atoms with Crippen LogP contribution in [-0.4, -0.2) is 44.9 Å². The summed E-state index contributed by atoms with van der Waals surface area (Å²) in [6.07, 6.45) is 0. The van der Waals surface area contributed by atoms with E-state index in [1.165, 1.54) is 0 Å². The normalized spacial score (nSPS) is 17.6. The second-order valence-corrected chi connectivity index (χ2v) is 4.78. The first kappa shape index (κ1) is 16.5. The summed E-state index contributed by atoms with van der Waals surface area (Å²) in [5.74, 6) is 0.695. The van der Waals surface area contributed by atoms with Crippen LogP contribution in [0.1, 0.15) is 11.6 Å². The molecule has 19 heavy (non-hydrogen) atoms. The number of nitrogens with one attached hydrogen (secondary N) is 1. The molecule has 1 heterocycles. The molecule has 2 rings (SSSR count). The van der Waals surface area contributed by atoms with Crippen molar-refractivity contribution in [2.24, 2.45) is 0 Å². The van der Waals surface area contributed by atoms with Gasteiger partial charge >= 0.3 is 0 Å². The zero-order valence-corrected chi connectivity index (χ0v) is 12.4. The molecule has 0 spiro atoms.